The molecular formula is C24H27BrClFN4O2. The van der Waals surface area contributed by atoms with Gasteiger partial charge in [0.15, 0.2) is 0 Å². The van der Waals surface area contributed by atoms with E-state index in [0.717, 1.165) is 32.6 Å². The molecule has 176 valence electrons. The molecule has 0 saturated carbocycles. The molecule has 0 N–H and O–H groups in total. The lowest BCUT2D eigenvalue weighted by Crippen LogP contribution is -2.50. The largest absolute Gasteiger partial charge is 0.444 e. The number of ether oxygens (including phenoxy) is 1. The number of hydrogen-bond donors (Lipinski definition) is 0. The zero-order valence-electron chi connectivity index (χ0n) is 19.2. The molecule has 1 amide bonds. The van der Waals surface area contributed by atoms with Gasteiger partial charge in [0, 0.05) is 30.7 Å². The first-order chi connectivity index (χ1) is 15.5. The van der Waals surface area contributed by atoms with Gasteiger partial charge in [-0.05, 0) is 79.0 Å². The molecular weight excluding hydrogens is 511 g/mol. The second-order valence-electron chi connectivity index (χ2n) is 9.32. The molecule has 3 aromatic rings. The van der Waals surface area contributed by atoms with Gasteiger partial charge in [0.1, 0.15) is 16.9 Å². The topological polar surface area (TPSA) is 50.6 Å². The number of rotatable bonds is 3. The summed E-state index contributed by atoms with van der Waals surface area (Å²) in [4.78, 5) is 21.3. The van der Waals surface area contributed by atoms with Gasteiger partial charge < -0.3 is 19.1 Å². The van der Waals surface area contributed by atoms with E-state index in [0.29, 0.717) is 32.7 Å². The molecule has 1 aliphatic rings. The monoisotopic (exact) mass is 536 g/mol. The first-order valence-electron chi connectivity index (χ1n) is 10.8. The van der Waals surface area contributed by atoms with Gasteiger partial charge in [0.05, 0.1) is 17.1 Å². The Morgan fingerprint density at radius 1 is 1.18 bits per heavy atom. The van der Waals surface area contributed by atoms with Gasteiger partial charge in [0.25, 0.3) is 0 Å². The molecule has 1 aliphatic heterocycles. The zero-order chi connectivity index (χ0) is 23.9. The Labute approximate surface area is 206 Å². The molecule has 1 fully saturated rings. The Morgan fingerprint density at radius 2 is 1.88 bits per heavy atom. The number of carbonyl (C=O) groups excluding carboxylic acids is 1. The highest BCUT2D eigenvalue weighted by Gasteiger charge is 2.28. The number of fused-ring (bicyclic) bond motifs is 1. The Morgan fingerprint density at radius 3 is 2.52 bits per heavy atom. The summed E-state index contributed by atoms with van der Waals surface area (Å²) in [7, 11) is 0. The second kappa shape index (κ2) is 9.14. The van der Waals surface area contributed by atoms with Crippen molar-refractivity contribution in [3.63, 3.8) is 0 Å². The summed E-state index contributed by atoms with van der Waals surface area (Å²) in [6.45, 7) is 10.5. The van der Waals surface area contributed by atoms with Crippen molar-refractivity contribution in [3.05, 3.63) is 56.8 Å². The molecule has 2 aromatic carbocycles. The van der Waals surface area contributed by atoms with Crippen LogP contribution in [0, 0.1) is 12.7 Å². The maximum Gasteiger partial charge on any atom is 0.410 e. The lowest BCUT2D eigenvalue weighted by atomic mass is 10.2. The minimum absolute atomic E-state index is 0.0989. The summed E-state index contributed by atoms with van der Waals surface area (Å²) < 4.78 is 22.3. The van der Waals surface area contributed by atoms with Crippen molar-refractivity contribution in [2.45, 2.75) is 39.8 Å². The lowest BCUT2D eigenvalue weighted by Gasteiger charge is -2.36. The van der Waals surface area contributed by atoms with Crippen molar-refractivity contribution < 1.29 is 13.9 Å². The van der Waals surface area contributed by atoms with Crippen LogP contribution in [-0.2, 0) is 11.3 Å². The molecule has 0 radical (unpaired) electrons. The first-order valence-corrected chi connectivity index (χ1v) is 12.0. The fourth-order valence-corrected chi connectivity index (χ4v) is 4.79. The number of nitrogens with zero attached hydrogens (tertiary/aromatic N) is 4. The maximum atomic E-state index is 13.7. The molecule has 1 saturated heterocycles. The normalized spacial score (nSPS) is 14.8. The summed E-state index contributed by atoms with van der Waals surface area (Å²) in [6, 6.07) is 8.91. The third-order valence-corrected chi connectivity index (χ3v) is 6.36. The van der Waals surface area contributed by atoms with E-state index in [1.165, 1.54) is 6.07 Å². The van der Waals surface area contributed by atoms with Crippen molar-refractivity contribution >= 4 is 50.6 Å². The van der Waals surface area contributed by atoms with Gasteiger partial charge in [-0.3, -0.25) is 0 Å². The van der Waals surface area contributed by atoms with E-state index in [2.05, 4.69) is 31.5 Å². The minimum atomic E-state index is -0.525. The number of anilines is 1. The summed E-state index contributed by atoms with van der Waals surface area (Å²) in [5.41, 5.74) is 3.30. The van der Waals surface area contributed by atoms with Crippen molar-refractivity contribution in [1.82, 2.24) is 14.5 Å². The minimum Gasteiger partial charge on any atom is -0.444 e. The van der Waals surface area contributed by atoms with Crippen molar-refractivity contribution in [3.8, 4) is 0 Å². The Hall–Kier alpha value is -2.32. The molecule has 6 nitrogen and oxygen atoms in total. The van der Waals surface area contributed by atoms with E-state index in [1.807, 2.05) is 33.8 Å². The van der Waals surface area contributed by atoms with Gasteiger partial charge in [-0.2, -0.15) is 0 Å². The Balaban J connectivity index is 1.65. The van der Waals surface area contributed by atoms with Gasteiger partial charge in [-0.1, -0.05) is 17.7 Å². The molecule has 0 spiro atoms. The number of aryl methyl sites for hydroxylation is 1. The summed E-state index contributed by atoms with van der Waals surface area (Å²) in [6.07, 6.45) is -0.296. The Kier molecular flexibility index (Phi) is 6.60. The van der Waals surface area contributed by atoms with Crippen LogP contribution in [0.3, 0.4) is 0 Å². The van der Waals surface area contributed by atoms with E-state index < -0.39 is 11.4 Å². The third-order valence-electron chi connectivity index (χ3n) is 5.47. The second-order valence-corrected chi connectivity index (χ2v) is 10.6. The number of piperazine rings is 1. The lowest BCUT2D eigenvalue weighted by molar-refractivity contribution is 0.0240. The van der Waals surface area contributed by atoms with Gasteiger partial charge >= 0.3 is 6.09 Å². The fraction of sp³-hybridized carbons (Fsp3) is 0.417. The number of imidazole rings is 1. The molecule has 1 aromatic heterocycles. The maximum absolute atomic E-state index is 13.7. The molecule has 0 unspecified atom stereocenters. The molecule has 33 heavy (non-hydrogen) atoms. The number of benzene rings is 2. The predicted octanol–water partition coefficient (Wildman–Crippen LogP) is 6.01. The highest BCUT2D eigenvalue weighted by molar-refractivity contribution is 9.10. The fourth-order valence-electron chi connectivity index (χ4n) is 3.93. The van der Waals surface area contributed by atoms with Crippen LogP contribution >= 0.6 is 27.5 Å². The average Bonchev–Trinajstić information content (AvgIpc) is 3.08. The highest BCUT2D eigenvalue weighted by Crippen LogP contribution is 2.31. The summed E-state index contributed by atoms with van der Waals surface area (Å²) in [5.74, 6) is 0.369. The zero-order valence-corrected chi connectivity index (χ0v) is 21.5. The number of carbonyl (C=O) groups is 1. The van der Waals surface area contributed by atoms with Gasteiger partial charge in [-0.15, -0.1) is 0 Å². The quantitative estimate of drug-likeness (QED) is 0.411. The summed E-state index contributed by atoms with van der Waals surface area (Å²) in [5, 5.41) is 0.0989. The molecule has 0 atom stereocenters. The van der Waals surface area contributed by atoms with Crippen LogP contribution in [0.15, 0.2) is 34.8 Å². The van der Waals surface area contributed by atoms with Crippen molar-refractivity contribution in [2.24, 2.45) is 0 Å². The van der Waals surface area contributed by atoms with Crippen LogP contribution < -0.4 is 4.90 Å². The standard InChI is InChI=1S/C24H27BrClFN4O2/c1-15-11-17(25)21-20(12-15)31(14-16-5-6-19(27)18(26)13-16)22(28-21)29-7-9-30(10-8-29)23(32)33-24(2,3)4/h5-6,11-13H,7-10,14H2,1-4H3. The predicted molar refractivity (Wildman–Crippen MR) is 133 cm³/mol. The van der Waals surface area contributed by atoms with Crippen LogP contribution in [0.1, 0.15) is 31.9 Å². The van der Waals surface area contributed by atoms with E-state index in [4.69, 9.17) is 21.3 Å². The van der Waals surface area contributed by atoms with Gasteiger partial charge in [0.2, 0.25) is 5.95 Å². The molecule has 4 rings (SSSR count). The van der Waals surface area contributed by atoms with Gasteiger partial charge in [-0.25, -0.2) is 14.2 Å². The smallest absolute Gasteiger partial charge is 0.410 e. The van der Waals surface area contributed by atoms with Crippen LogP contribution in [0.5, 0.6) is 0 Å². The van der Waals surface area contributed by atoms with E-state index >= 15 is 0 Å². The first kappa shape index (κ1) is 23.8. The molecule has 0 aliphatic carbocycles. The number of amides is 1. The van der Waals surface area contributed by atoms with Crippen LogP contribution in [0.2, 0.25) is 5.02 Å². The van der Waals surface area contributed by atoms with E-state index in [-0.39, 0.29) is 11.1 Å². The SMILES string of the molecule is Cc1cc(Br)c2nc(N3CCN(C(=O)OC(C)(C)C)CC3)n(Cc3ccc(F)c(Cl)c3)c2c1. The highest BCUT2D eigenvalue weighted by atomic mass is 79.9. The average molecular weight is 538 g/mol. The summed E-state index contributed by atoms with van der Waals surface area (Å²) >= 11 is 9.68. The Bertz CT molecular complexity index is 1200. The number of aromatic nitrogens is 2. The molecule has 0 bridgehead atoms. The molecule has 2 heterocycles. The van der Waals surface area contributed by atoms with E-state index in [9.17, 15) is 9.18 Å². The van der Waals surface area contributed by atoms with Crippen molar-refractivity contribution in [1.29, 1.82) is 0 Å². The number of halogens is 3. The van der Waals surface area contributed by atoms with E-state index in [1.54, 1.807) is 17.0 Å². The van der Waals surface area contributed by atoms with Crippen molar-refractivity contribution in [2.75, 3.05) is 31.1 Å². The van der Waals surface area contributed by atoms with Crippen LogP contribution in [0.4, 0.5) is 15.1 Å². The third kappa shape index (κ3) is 5.27. The van der Waals surface area contributed by atoms with Crippen LogP contribution in [0.25, 0.3) is 11.0 Å². The van der Waals surface area contributed by atoms with Crippen LogP contribution in [-0.4, -0.2) is 52.3 Å². The molecule has 9 heteroatoms. The number of hydrogen-bond acceptors (Lipinski definition) is 4.